The van der Waals surface area contributed by atoms with Crippen molar-refractivity contribution < 1.29 is 18.7 Å². The van der Waals surface area contributed by atoms with E-state index in [0.717, 1.165) is 0 Å². The summed E-state index contributed by atoms with van der Waals surface area (Å²) in [5.41, 5.74) is 7.87. The molecule has 7 nitrogen and oxygen atoms in total. The number of methoxy groups -OCH3 is 3. The molecule has 0 radical (unpaired) electrons. The summed E-state index contributed by atoms with van der Waals surface area (Å²) in [7, 11) is 4.64. The maximum atomic E-state index is 5.95. The van der Waals surface area contributed by atoms with Gasteiger partial charge in [0.2, 0.25) is 11.6 Å². The Hall–Kier alpha value is -3.22. The largest absolute Gasteiger partial charge is 0.493 e. The number of hydrogen-bond donors (Lipinski definition) is 1. The van der Waals surface area contributed by atoms with Crippen molar-refractivity contribution in [2.24, 2.45) is 0 Å². The molecule has 1 aromatic heterocycles. The van der Waals surface area contributed by atoms with E-state index in [0.29, 0.717) is 45.8 Å². The second-order valence-corrected chi connectivity index (χ2v) is 4.92. The molecule has 7 heteroatoms. The Bertz CT molecular complexity index is 836. The molecule has 2 aromatic carbocycles. The Kier molecular flexibility index (Phi) is 4.24. The smallest absolute Gasteiger partial charge is 0.260 e. The van der Waals surface area contributed by atoms with Crippen molar-refractivity contribution in [1.29, 1.82) is 0 Å². The van der Waals surface area contributed by atoms with Crippen molar-refractivity contribution in [3.05, 3.63) is 36.4 Å². The minimum Gasteiger partial charge on any atom is -0.493 e. The molecular formula is C17H17N3O4. The number of para-hydroxylation sites is 1. The Balaban J connectivity index is 2.06. The molecule has 1 heterocycles. The monoisotopic (exact) mass is 327 g/mol. The van der Waals surface area contributed by atoms with Gasteiger partial charge in [0.1, 0.15) is 0 Å². The molecule has 0 aliphatic heterocycles. The first-order chi connectivity index (χ1) is 11.7. The van der Waals surface area contributed by atoms with Gasteiger partial charge in [0, 0.05) is 11.3 Å². The van der Waals surface area contributed by atoms with Crippen molar-refractivity contribution in [1.82, 2.24) is 10.1 Å². The third-order valence-electron chi connectivity index (χ3n) is 3.54. The maximum Gasteiger partial charge on any atom is 0.260 e. The van der Waals surface area contributed by atoms with Crippen molar-refractivity contribution in [2.45, 2.75) is 0 Å². The molecule has 2 N–H and O–H groups in total. The number of nitrogens with zero attached hydrogens (tertiary/aromatic N) is 2. The van der Waals surface area contributed by atoms with Crippen molar-refractivity contribution >= 4 is 5.69 Å². The summed E-state index contributed by atoms with van der Waals surface area (Å²) in [6.45, 7) is 0. The minimum atomic E-state index is 0.344. The Morgan fingerprint density at radius 2 is 1.62 bits per heavy atom. The van der Waals surface area contributed by atoms with Crippen LogP contribution in [-0.4, -0.2) is 31.5 Å². The molecule has 0 saturated carbocycles. The minimum absolute atomic E-state index is 0.344. The maximum absolute atomic E-state index is 5.95. The predicted octanol–water partition coefficient (Wildman–Crippen LogP) is 3.01. The lowest BCUT2D eigenvalue weighted by molar-refractivity contribution is 0.324. The molecule has 0 aliphatic carbocycles. The van der Waals surface area contributed by atoms with Gasteiger partial charge in [-0.25, -0.2) is 0 Å². The number of anilines is 1. The standard InChI is InChI=1S/C17H17N3O4/c1-21-13-8-10(9-14(22-2)15(13)23-3)16-19-17(24-20-16)11-6-4-5-7-12(11)18/h4-9H,18H2,1-3H3. The topological polar surface area (TPSA) is 92.6 Å². The Morgan fingerprint density at radius 1 is 0.958 bits per heavy atom. The number of rotatable bonds is 5. The van der Waals surface area contributed by atoms with E-state index in [9.17, 15) is 0 Å². The van der Waals surface area contributed by atoms with Crippen LogP contribution >= 0.6 is 0 Å². The molecule has 0 fully saturated rings. The van der Waals surface area contributed by atoms with Gasteiger partial charge in [-0.2, -0.15) is 4.98 Å². The summed E-state index contributed by atoms with van der Waals surface area (Å²) in [5.74, 6) is 2.26. The molecule has 3 aromatic rings. The van der Waals surface area contributed by atoms with E-state index in [4.69, 9.17) is 24.5 Å². The van der Waals surface area contributed by atoms with E-state index in [1.165, 1.54) is 0 Å². The van der Waals surface area contributed by atoms with Gasteiger partial charge >= 0.3 is 0 Å². The van der Waals surface area contributed by atoms with Crippen LogP contribution in [0.2, 0.25) is 0 Å². The average Bonchev–Trinajstić information content (AvgIpc) is 3.10. The zero-order valence-corrected chi connectivity index (χ0v) is 13.6. The second kappa shape index (κ2) is 6.49. The van der Waals surface area contributed by atoms with Crippen LogP contribution in [-0.2, 0) is 0 Å². The van der Waals surface area contributed by atoms with Crippen molar-refractivity contribution in [2.75, 3.05) is 27.1 Å². The molecule has 0 unspecified atom stereocenters. The van der Waals surface area contributed by atoms with E-state index in [1.807, 2.05) is 18.2 Å². The summed E-state index contributed by atoms with van der Waals surface area (Å²) in [4.78, 5) is 4.41. The van der Waals surface area contributed by atoms with Crippen LogP contribution in [0.3, 0.4) is 0 Å². The van der Waals surface area contributed by atoms with E-state index in [2.05, 4.69) is 10.1 Å². The molecule has 3 rings (SSSR count). The molecule has 0 aliphatic rings. The summed E-state index contributed by atoms with van der Waals surface area (Å²) in [6, 6.07) is 10.8. The number of ether oxygens (including phenoxy) is 3. The van der Waals surface area contributed by atoms with Crippen LogP contribution in [0, 0.1) is 0 Å². The molecule has 0 saturated heterocycles. The molecule has 0 spiro atoms. The fourth-order valence-electron chi connectivity index (χ4n) is 2.35. The van der Waals surface area contributed by atoms with Gasteiger partial charge in [0.15, 0.2) is 11.5 Å². The lowest BCUT2D eigenvalue weighted by Gasteiger charge is -2.12. The highest BCUT2D eigenvalue weighted by Crippen LogP contribution is 2.40. The normalized spacial score (nSPS) is 10.5. The summed E-state index contributed by atoms with van der Waals surface area (Å²) in [6.07, 6.45) is 0. The first-order valence-electron chi connectivity index (χ1n) is 7.17. The lowest BCUT2D eigenvalue weighted by Crippen LogP contribution is -1.96. The van der Waals surface area contributed by atoms with Crippen LogP contribution in [0.1, 0.15) is 0 Å². The zero-order valence-electron chi connectivity index (χ0n) is 13.6. The highest BCUT2D eigenvalue weighted by molar-refractivity contribution is 5.72. The highest BCUT2D eigenvalue weighted by Gasteiger charge is 2.18. The van der Waals surface area contributed by atoms with Crippen LogP contribution in [0.4, 0.5) is 5.69 Å². The number of hydrogen-bond acceptors (Lipinski definition) is 7. The van der Waals surface area contributed by atoms with Gasteiger partial charge in [-0.05, 0) is 24.3 Å². The molecule has 0 amide bonds. The molecule has 0 bridgehead atoms. The summed E-state index contributed by atoms with van der Waals surface area (Å²) >= 11 is 0. The van der Waals surface area contributed by atoms with Gasteiger partial charge < -0.3 is 24.5 Å². The lowest BCUT2D eigenvalue weighted by atomic mass is 10.1. The van der Waals surface area contributed by atoms with E-state index in [1.54, 1.807) is 39.5 Å². The van der Waals surface area contributed by atoms with Gasteiger partial charge in [0.25, 0.3) is 5.89 Å². The Morgan fingerprint density at radius 3 is 2.21 bits per heavy atom. The number of nitrogens with two attached hydrogens (primary N) is 1. The van der Waals surface area contributed by atoms with Crippen molar-refractivity contribution in [3.8, 4) is 40.1 Å². The number of aromatic nitrogens is 2. The zero-order chi connectivity index (χ0) is 17.1. The van der Waals surface area contributed by atoms with Crippen LogP contribution in [0.15, 0.2) is 40.9 Å². The highest BCUT2D eigenvalue weighted by atomic mass is 16.5. The molecule has 24 heavy (non-hydrogen) atoms. The summed E-state index contributed by atoms with van der Waals surface area (Å²) in [5, 5.41) is 4.02. The first-order valence-corrected chi connectivity index (χ1v) is 7.17. The first kappa shape index (κ1) is 15.7. The molecule has 124 valence electrons. The van der Waals surface area contributed by atoms with Crippen molar-refractivity contribution in [3.63, 3.8) is 0 Å². The van der Waals surface area contributed by atoms with Crippen LogP contribution in [0.25, 0.3) is 22.8 Å². The Labute approximate surface area is 139 Å². The van der Waals surface area contributed by atoms with E-state index < -0.39 is 0 Å². The van der Waals surface area contributed by atoms with Gasteiger partial charge in [0.05, 0.1) is 26.9 Å². The second-order valence-electron chi connectivity index (χ2n) is 4.92. The fourth-order valence-corrected chi connectivity index (χ4v) is 2.35. The van der Waals surface area contributed by atoms with Gasteiger partial charge in [-0.15, -0.1) is 0 Å². The van der Waals surface area contributed by atoms with Crippen LogP contribution in [0.5, 0.6) is 17.2 Å². The average molecular weight is 327 g/mol. The van der Waals surface area contributed by atoms with Gasteiger partial charge in [-0.1, -0.05) is 17.3 Å². The summed E-state index contributed by atoms with van der Waals surface area (Å²) < 4.78 is 21.3. The van der Waals surface area contributed by atoms with Crippen LogP contribution < -0.4 is 19.9 Å². The fraction of sp³-hybridized carbons (Fsp3) is 0.176. The third kappa shape index (κ3) is 2.71. The number of benzene rings is 2. The number of nitrogen functional groups attached to an aromatic ring is 1. The third-order valence-corrected chi connectivity index (χ3v) is 3.54. The quantitative estimate of drug-likeness (QED) is 0.720. The predicted molar refractivity (Wildman–Crippen MR) is 89.2 cm³/mol. The SMILES string of the molecule is COc1cc(-c2noc(-c3ccccc3N)n2)cc(OC)c1OC. The molecule has 0 atom stereocenters. The van der Waals surface area contributed by atoms with Gasteiger partial charge in [-0.3, -0.25) is 0 Å². The molecular weight excluding hydrogens is 310 g/mol. The van der Waals surface area contributed by atoms with E-state index in [-0.39, 0.29) is 0 Å². The van der Waals surface area contributed by atoms with E-state index >= 15 is 0 Å².